The summed E-state index contributed by atoms with van der Waals surface area (Å²) < 4.78 is 4.31. The lowest BCUT2D eigenvalue weighted by molar-refractivity contribution is 0.912. The van der Waals surface area contributed by atoms with Gasteiger partial charge in [-0.2, -0.15) is 0 Å². The normalized spacial score (nSPS) is 16.2. The fourth-order valence-corrected chi connectivity index (χ4v) is 0.801. The van der Waals surface area contributed by atoms with Crippen molar-refractivity contribution in [1.29, 1.82) is 5.41 Å². The van der Waals surface area contributed by atoms with Gasteiger partial charge >= 0.3 is 0 Å². The molecule has 0 amide bonds. The number of nitrogens with two attached hydrogens (primary N) is 1. The fraction of sp³-hybridized carbons (Fsp3) is 0. The zero-order chi connectivity index (χ0) is 5.98. The molecule has 0 aromatic carbocycles. The molecule has 8 heavy (non-hydrogen) atoms. The van der Waals surface area contributed by atoms with Gasteiger partial charge in [-0.05, 0) is 0 Å². The van der Waals surface area contributed by atoms with Crippen molar-refractivity contribution < 1.29 is 0 Å². The second-order valence-corrected chi connectivity index (χ2v) is 2.05. The molecule has 1 rings (SSSR count). The smallest absolute Gasteiger partial charge is 0.204 e. The number of hydrogen-bond donors (Lipinski definition) is 3. The lowest BCUT2D eigenvalue weighted by atomic mass is 10.8. The van der Waals surface area contributed by atoms with Crippen LogP contribution in [0.1, 0.15) is 0 Å². The van der Waals surface area contributed by atoms with Crippen LogP contribution in [0.25, 0.3) is 0 Å². The van der Waals surface area contributed by atoms with Crippen molar-refractivity contribution in [2.75, 3.05) is 0 Å². The highest BCUT2D eigenvalue weighted by Crippen LogP contribution is 2.09. The molecule has 0 atom stereocenters. The van der Waals surface area contributed by atoms with Crippen LogP contribution in [0.15, 0.2) is 12.4 Å². The molecule has 4 N–H and O–H groups in total. The lowest BCUT2D eigenvalue weighted by Crippen LogP contribution is -2.25. The minimum absolute atomic E-state index is 0.0382. The standard InChI is InChI=1S/C3H6N4S/c4-3(5)7-2-1-6-8-7/h1-2,6H,(H3,4,5). The van der Waals surface area contributed by atoms with Crippen LogP contribution in [0, 0.1) is 5.41 Å². The Kier molecular flexibility index (Phi) is 1.29. The molecule has 0 bridgehead atoms. The number of rotatable bonds is 0. The summed E-state index contributed by atoms with van der Waals surface area (Å²) in [5, 5.41) is 6.88. The summed E-state index contributed by atoms with van der Waals surface area (Å²) in [5.74, 6) is 0.0382. The van der Waals surface area contributed by atoms with E-state index in [0.29, 0.717) is 0 Å². The summed E-state index contributed by atoms with van der Waals surface area (Å²) >= 11 is 1.27. The van der Waals surface area contributed by atoms with Crippen molar-refractivity contribution in [3.05, 3.63) is 12.4 Å². The molecule has 5 heteroatoms. The van der Waals surface area contributed by atoms with E-state index in [1.807, 2.05) is 0 Å². The van der Waals surface area contributed by atoms with Crippen LogP contribution in [0.3, 0.4) is 0 Å². The molecule has 1 heterocycles. The average molecular weight is 130 g/mol. The van der Waals surface area contributed by atoms with Crippen LogP contribution in [0.5, 0.6) is 0 Å². The molecule has 0 aliphatic carbocycles. The highest BCUT2D eigenvalue weighted by molar-refractivity contribution is 7.96. The van der Waals surface area contributed by atoms with Gasteiger partial charge in [-0.25, -0.2) is 4.31 Å². The number of nitrogens with zero attached hydrogens (tertiary/aromatic N) is 1. The van der Waals surface area contributed by atoms with E-state index in [1.54, 1.807) is 12.4 Å². The Morgan fingerprint density at radius 2 is 2.62 bits per heavy atom. The van der Waals surface area contributed by atoms with Gasteiger partial charge < -0.3 is 10.5 Å². The topological polar surface area (TPSA) is 65.1 Å². The molecule has 0 unspecified atom stereocenters. The molecule has 0 saturated heterocycles. The maximum Gasteiger partial charge on any atom is 0.204 e. The van der Waals surface area contributed by atoms with Crippen LogP contribution in [0.4, 0.5) is 0 Å². The first-order valence-electron chi connectivity index (χ1n) is 2.03. The molecular weight excluding hydrogens is 124 g/mol. The summed E-state index contributed by atoms with van der Waals surface area (Å²) in [7, 11) is 0. The third-order valence-electron chi connectivity index (χ3n) is 0.666. The average Bonchev–Trinajstić information content (AvgIpc) is 2.12. The van der Waals surface area contributed by atoms with E-state index in [-0.39, 0.29) is 5.96 Å². The predicted octanol–water partition coefficient (Wildman–Crippen LogP) is -0.181. The van der Waals surface area contributed by atoms with Crippen molar-refractivity contribution in [2.24, 2.45) is 5.73 Å². The van der Waals surface area contributed by atoms with E-state index in [4.69, 9.17) is 11.1 Å². The Balaban J connectivity index is 2.48. The summed E-state index contributed by atoms with van der Waals surface area (Å²) in [4.78, 5) is 0. The van der Waals surface area contributed by atoms with Gasteiger partial charge in [0.25, 0.3) is 0 Å². The molecule has 0 radical (unpaired) electrons. The number of nitrogens with one attached hydrogen (secondary N) is 2. The Morgan fingerprint density at radius 1 is 1.88 bits per heavy atom. The van der Waals surface area contributed by atoms with E-state index in [2.05, 4.69) is 4.72 Å². The molecule has 1 aliphatic rings. The maximum atomic E-state index is 6.88. The maximum absolute atomic E-state index is 6.88. The Hall–Kier alpha value is -0.840. The quantitative estimate of drug-likeness (QED) is 0.242. The first kappa shape index (κ1) is 5.30. The molecule has 0 spiro atoms. The summed E-state index contributed by atoms with van der Waals surface area (Å²) in [6, 6.07) is 0. The second kappa shape index (κ2) is 1.95. The van der Waals surface area contributed by atoms with Crippen molar-refractivity contribution in [2.45, 2.75) is 0 Å². The van der Waals surface area contributed by atoms with E-state index < -0.39 is 0 Å². The van der Waals surface area contributed by atoms with Crippen LogP contribution in [0.2, 0.25) is 0 Å². The molecule has 4 nitrogen and oxygen atoms in total. The highest BCUT2D eigenvalue weighted by atomic mass is 32.2. The van der Waals surface area contributed by atoms with Gasteiger partial charge in [0.2, 0.25) is 5.96 Å². The van der Waals surface area contributed by atoms with E-state index in [1.165, 1.54) is 16.4 Å². The Labute approximate surface area is 51.5 Å². The third-order valence-corrected chi connectivity index (χ3v) is 1.42. The molecule has 0 aromatic rings. The predicted molar refractivity (Wildman–Crippen MR) is 33.6 cm³/mol. The van der Waals surface area contributed by atoms with Gasteiger partial charge in [-0.3, -0.25) is 5.41 Å². The molecule has 0 fully saturated rings. The molecule has 0 saturated carbocycles. The number of guanidine groups is 1. The largest absolute Gasteiger partial charge is 0.369 e. The van der Waals surface area contributed by atoms with Gasteiger partial charge in [-0.1, -0.05) is 0 Å². The summed E-state index contributed by atoms with van der Waals surface area (Å²) in [6.45, 7) is 0. The Bertz CT molecular complexity index is 131. The number of hydrogen-bond acceptors (Lipinski definition) is 3. The highest BCUT2D eigenvalue weighted by Gasteiger charge is 2.05. The molecule has 44 valence electrons. The zero-order valence-corrected chi connectivity index (χ0v) is 4.90. The SMILES string of the molecule is N=C(N)N1C=CNS1. The minimum atomic E-state index is 0.0382. The monoisotopic (exact) mass is 130 g/mol. The third kappa shape index (κ3) is 0.865. The Morgan fingerprint density at radius 3 is 2.88 bits per heavy atom. The van der Waals surface area contributed by atoms with E-state index in [9.17, 15) is 0 Å². The zero-order valence-electron chi connectivity index (χ0n) is 4.09. The van der Waals surface area contributed by atoms with Gasteiger partial charge in [0.05, 0.1) is 12.1 Å². The summed E-state index contributed by atoms with van der Waals surface area (Å²) in [5.41, 5.74) is 5.09. The van der Waals surface area contributed by atoms with Crippen molar-refractivity contribution in [1.82, 2.24) is 9.03 Å². The van der Waals surface area contributed by atoms with Gasteiger partial charge in [0, 0.05) is 12.4 Å². The lowest BCUT2D eigenvalue weighted by Gasteiger charge is -2.07. The van der Waals surface area contributed by atoms with E-state index >= 15 is 0 Å². The van der Waals surface area contributed by atoms with Crippen LogP contribution >= 0.6 is 12.1 Å². The molecular formula is C3H6N4S. The van der Waals surface area contributed by atoms with Crippen LogP contribution in [-0.4, -0.2) is 10.3 Å². The van der Waals surface area contributed by atoms with Crippen molar-refractivity contribution >= 4 is 18.1 Å². The fourth-order valence-electron chi connectivity index (χ4n) is 0.345. The summed E-state index contributed by atoms with van der Waals surface area (Å²) in [6.07, 6.45) is 3.40. The minimum Gasteiger partial charge on any atom is -0.369 e. The van der Waals surface area contributed by atoms with Crippen LogP contribution < -0.4 is 10.5 Å². The van der Waals surface area contributed by atoms with Gasteiger partial charge in [0.1, 0.15) is 0 Å². The molecule has 1 aliphatic heterocycles. The van der Waals surface area contributed by atoms with Crippen molar-refractivity contribution in [3.8, 4) is 0 Å². The first-order chi connectivity index (χ1) is 3.80. The van der Waals surface area contributed by atoms with Crippen molar-refractivity contribution in [3.63, 3.8) is 0 Å². The second-order valence-electron chi connectivity index (χ2n) is 1.24. The first-order valence-corrected chi connectivity index (χ1v) is 2.80. The molecule has 0 aromatic heterocycles. The van der Waals surface area contributed by atoms with Gasteiger partial charge in [0.15, 0.2) is 0 Å². The van der Waals surface area contributed by atoms with E-state index in [0.717, 1.165) is 0 Å². The van der Waals surface area contributed by atoms with Crippen LogP contribution in [-0.2, 0) is 0 Å². The van der Waals surface area contributed by atoms with Gasteiger partial charge in [-0.15, -0.1) is 0 Å².